The molecule has 5 heteroatoms. The van der Waals surface area contributed by atoms with Gasteiger partial charge in [-0.05, 0) is 37.1 Å². The van der Waals surface area contributed by atoms with Crippen LogP contribution in [0.15, 0.2) is 30.3 Å². The summed E-state index contributed by atoms with van der Waals surface area (Å²) >= 11 is 5.76. The minimum Gasteiger partial charge on any atom is -0.506 e. The van der Waals surface area contributed by atoms with E-state index >= 15 is 0 Å². The second-order valence-electron chi connectivity index (χ2n) is 5.03. The molecule has 3 rings (SSSR count). The molecule has 0 fully saturated rings. The third-order valence-corrected chi connectivity index (χ3v) is 3.96. The minimum atomic E-state index is -0.377. The quantitative estimate of drug-likeness (QED) is 0.821. The van der Waals surface area contributed by atoms with Gasteiger partial charge in [-0.1, -0.05) is 23.7 Å². The van der Waals surface area contributed by atoms with E-state index < -0.39 is 0 Å². The summed E-state index contributed by atoms with van der Waals surface area (Å²) in [7, 11) is 0. The zero-order chi connectivity index (χ0) is 15.3. The lowest BCUT2D eigenvalue weighted by Crippen LogP contribution is -2.29. The van der Waals surface area contributed by atoms with E-state index in [1.165, 1.54) is 18.2 Å². The van der Waals surface area contributed by atoms with E-state index in [1.54, 1.807) is 13.8 Å². The molecule has 0 saturated heterocycles. The first kappa shape index (κ1) is 13.6. The van der Waals surface area contributed by atoms with E-state index in [1.807, 2.05) is 12.1 Å². The maximum Gasteiger partial charge on any atom is 0.266 e. The fourth-order valence-corrected chi connectivity index (χ4v) is 2.67. The van der Waals surface area contributed by atoms with Gasteiger partial charge in [-0.25, -0.2) is 4.90 Å². The molecule has 0 saturated carbocycles. The molecule has 2 aromatic rings. The van der Waals surface area contributed by atoms with E-state index in [0.717, 1.165) is 16.0 Å². The summed E-state index contributed by atoms with van der Waals surface area (Å²) in [6, 6.07) is 7.95. The highest BCUT2D eigenvalue weighted by Gasteiger charge is 2.39. The fourth-order valence-electron chi connectivity index (χ4n) is 2.55. The average molecular weight is 302 g/mol. The number of imide groups is 1. The van der Waals surface area contributed by atoms with Crippen molar-refractivity contribution in [3.05, 3.63) is 57.6 Å². The highest BCUT2D eigenvalue weighted by Crippen LogP contribution is 2.35. The third-order valence-electron chi connectivity index (χ3n) is 3.64. The smallest absolute Gasteiger partial charge is 0.266 e. The van der Waals surface area contributed by atoms with Gasteiger partial charge < -0.3 is 5.11 Å². The first-order chi connectivity index (χ1) is 9.91. The summed E-state index contributed by atoms with van der Waals surface area (Å²) in [4.78, 5) is 26.2. The number of phenols is 1. The van der Waals surface area contributed by atoms with Gasteiger partial charge >= 0.3 is 0 Å². The molecule has 1 aliphatic heterocycles. The van der Waals surface area contributed by atoms with Crippen LogP contribution in [-0.4, -0.2) is 16.9 Å². The number of anilines is 1. The van der Waals surface area contributed by atoms with E-state index in [0.29, 0.717) is 16.8 Å². The molecule has 0 bridgehead atoms. The van der Waals surface area contributed by atoms with Gasteiger partial charge in [-0.15, -0.1) is 0 Å². The fraction of sp³-hybridized carbons (Fsp3) is 0.125. The summed E-state index contributed by atoms with van der Waals surface area (Å²) in [5, 5.41) is 9.85. The standard InChI is InChI=1S/C16H12ClNO3/c1-8-3-4-9(2)14-13(8)15(20)18(16(14)21)10-5-6-11(17)12(19)7-10/h3-7,19H,1-2H3. The number of phenolic OH excluding ortho intramolecular Hbond substituents is 1. The van der Waals surface area contributed by atoms with Gasteiger partial charge in [0.05, 0.1) is 21.8 Å². The summed E-state index contributed by atoms with van der Waals surface area (Å²) in [6.45, 7) is 3.60. The molecule has 1 aliphatic rings. The summed E-state index contributed by atoms with van der Waals surface area (Å²) < 4.78 is 0. The summed E-state index contributed by atoms with van der Waals surface area (Å²) in [6.07, 6.45) is 0. The molecule has 1 heterocycles. The Balaban J connectivity index is 2.18. The summed E-state index contributed by atoms with van der Waals surface area (Å²) in [5.41, 5.74) is 2.68. The van der Waals surface area contributed by atoms with Crippen LogP contribution in [0, 0.1) is 13.8 Å². The van der Waals surface area contributed by atoms with E-state index in [9.17, 15) is 14.7 Å². The number of carbonyl (C=O) groups excluding carboxylic acids is 2. The van der Waals surface area contributed by atoms with Gasteiger partial charge in [0.25, 0.3) is 11.8 Å². The molecule has 0 aliphatic carbocycles. The number of hydrogen-bond acceptors (Lipinski definition) is 3. The molecule has 106 valence electrons. The van der Waals surface area contributed by atoms with Crippen molar-refractivity contribution in [2.75, 3.05) is 4.90 Å². The Hall–Kier alpha value is -2.33. The molecule has 0 aromatic heterocycles. The number of amides is 2. The monoisotopic (exact) mass is 301 g/mol. The Morgan fingerprint density at radius 3 is 1.95 bits per heavy atom. The SMILES string of the molecule is Cc1ccc(C)c2c1C(=O)N(c1ccc(Cl)c(O)c1)C2=O. The van der Waals surface area contributed by atoms with Gasteiger partial charge in [0.2, 0.25) is 0 Å². The number of carbonyl (C=O) groups is 2. The molecular formula is C16H12ClNO3. The molecule has 4 nitrogen and oxygen atoms in total. The lowest BCUT2D eigenvalue weighted by Gasteiger charge is -2.14. The number of aryl methyl sites for hydroxylation is 2. The zero-order valence-corrected chi connectivity index (χ0v) is 12.2. The molecule has 21 heavy (non-hydrogen) atoms. The third kappa shape index (κ3) is 1.91. The highest BCUT2D eigenvalue weighted by molar-refractivity contribution is 6.36. The van der Waals surface area contributed by atoms with Crippen molar-refractivity contribution < 1.29 is 14.7 Å². The number of hydrogen-bond donors (Lipinski definition) is 1. The van der Waals surface area contributed by atoms with Crippen molar-refractivity contribution in [1.29, 1.82) is 0 Å². The van der Waals surface area contributed by atoms with Crippen molar-refractivity contribution in [3.63, 3.8) is 0 Å². The number of halogens is 1. The van der Waals surface area contributed by atoms with Gasteiger partial charge in [0.1, 0.15) is 5.75 Å². The molecule has 2 aromatic carbocycles. The van der Waals surface area contributed by atoms with Crippen LogP contribution < -0.4 is 4.90 Å². The second kappa shape index (κ2) is 4.60. The van der Waals surface area contributed by atoms with Crippen molar-refractivity contribution in [1.82, 2.24) is 0 Å². The second-order valence-corrected chi connectivity index (χ2v) is 5.44. The van der Waals surface area contributed by atoms with Crippen molar-refractivity contribution in [2.24, 2.45) is 0 Å². The molecule has 1 N–H and O–H groups in total. The lowest BCUT2D eigenvalue weighted by molar-refractivity contribution is 0.0926. The Labute approximate surface area is 126 Å². The van der Waals surface area contributed by atoms with E-state index in [2.05, 4.69) is 0 Å². The Bertz CT molecular complexity index is 757. The number of rotatable bonds is 1. The summed E-state index contributed by atoms with van der Waals surface area (Å²) in [5.74, 6) is -0.921. The van der Waals surface area contributed by atoms with E-state index in [-0.39, 0.29) is 22.6 Å². The van der Waals surface area contributed by atoms with Gasteiger partial charge in [-0.2, -0.15) is 0 Å². The van der Waals surface area contributed by atoms with Crippen molar-refractivity contribution in [3.8, 4) is 5.75 Å². The van der Waals surface area contributed by atoms with Crippen LogP contribution in [0.5, 0.6) is 5.75 Å². The highest BCUT2D eigenvalue weighted by atomic mass is 35.5. The zero-order valence-electron chi connectivity index (χ0n) is 11.5. The molecule has 0 unspecified atom stereocenters. The molecule has 2 amide bonds. The van der Waals surface area contributed by atoms with Crippen LogP contribution in [0.4, 0.5) is 5.69 Å². The largest absolute Gasteiger partial charge is 0.506 e. The number of benzene rings is 2. The first-order valence-electron chi connectivity index (χ1n) is 6.39. The predicted molar refractivity (Wildman–Crippen MR) is 80.2 cm³/mol. The Morgan fingerprint density at radius 1 is 0.952 bits per heavy atom. The molecular weight excluding hydrogens is 290 g/mol. The topological polar surface area (TPSA) is 57.6 Å². The molecule has 0 spiro atoms. The van der Waals surface area contributed by atoms with Gasteiger partial charge in [-0.3, -0.25) is 9.59 Å². The Kier molecular flexibility index (Phi) is 2.99. The van der Waals surface area contributed by atoms with Crippen molar-refractivity contribution in [2.45, 2.75) is 13.8 Å². The lowest BCUT2D eigenvalue weighted by atomic mass is 9.99. The van der Waals surface area contributed by atoms with Gasteiger partial charge in [0, 0.05) is 6.07 Å². The van der Waals surface area contributed by atoms with E-state index in [4.69, 9.17) is 11.6 Å². The van der Waals surface area contributed by atoms with Crippen LogP contribution in [0.1, 0.15) is 31.8 Å². The predicted octanol–water partition coefficient (Wildman–Crippen LogP) is 3.46. The van der Waals surface area contributed by atoms with Crippen LogP contribution in [-0.2, 0) is 0 Å². The maximum atomic E-state index is 12.6. The number of aromatic hydroxyl groups is 1. The number of fused-ring (bicyclic) bond motifs is 1. The maximum absolute atomic E-state index is 12.6. The van der Waals surface area contributed by atoms with Crippen LogP contribution in [0.3, 0.4) is 0 Å². The van der Waals surface area contributed by atoms with Crippen LogP contribution in [0.25, 0.3) is 0 Å². The van der Waals surface area contributed by atoms with Gasteiger partial charge in [0.15, 0.2) is 0 Å². The van der Waals surface area contributed by atoms with Crippen LogP contribution >= 0.6 is 11.6 Å². The first-order valence-corrected chi connectivity index (χ1v) is 6.77. The average Bonchev–Trinajstić information content (AvgIpc) is 2.70. The normalized spacial score (nSPS) is 13.8. The molecule has 0 atom stereocenters. The van der Waals surface area contributed by atoms with Crippen molar-refractivity contribution >= 4 is 29.1 Å². The molecule has 0 radical (unpaired) electrons. The van der Waals surface area contributed by atoms with Crippen LogP contribution in [0.2, 0.25) is 5.02 Å². The minimum absolute atomic E-state index is 0.167. The number of nitrogens with zero attached hydrogens (tertiary/aromatic N) is 1. The Morgan fingerprint density at radius 2 is 1.48 bits per heavy atom.